The van der Waals surface area contributed by atoms with E-state index in [4.69, 9.17) is 5.73 Å². The molecule has 0 bridgehead atoms. The van der Waals surface area contributed by atoms with Crippen LogP contribution in [0.5, 0.6) is 0 Å². The Morgan fingerprint density at radius 3 is 1.60 bits per heavy atom. The third kappa shape index (κ3) is 11.9. The summed E-state index contributed by atoms with van der Waals surface area (Å²) in [5.41, 5.74) is 6.19. The van der Waals surface area contributed by atoms with Crippen molar-refractivity contribution in [1.82, 2.24) is 4.31 Å². The maximum absolute atomic E-state index is 12.5. The van der Waals surface area contributed by atoms with E-state index in [1.807, 2.05) is 0 Å². The van der Waals surface area contributed by atoms with Crippen LogP contribution in [-0.4, -0.2) is 26.3 Å². The molecule has 0 spiro atoms. The number of unbranched alkanes of at least 4 members (excludes halogenated alkanes) is 15. The molecule has 0 saturated carbocycles. The Balaban J connectivity index is 1.95. The molecule has 0 heterocycles. The fourth-order valence-corrected chi connectivity index (χ4v) is 5.12. The van der Waals surface area contributed by atoms with E-state index in [2.05, 4.69) is 6.92 Å². The third-order valence-electron chi connectivity index (χ3n) is 5.89. The predicted molar refractivity (Wildman–Crippen MR) is 130 cm³/mol. The molecule has 30 heavy (non-hydrogen) atoms. The normalized spacial score (nSPS) is 12.0. The largest absolute Gasteiger partial charge is 0.399 e. The van der Waals surface area contributed by atoms with Crippen LogP contribution in [-0.2, 0) is 10.0 Å². The molecule has 0 aliphatic carbocycles. The lowest BCUT2D eigenvalue weighted by molar-refractivity contribution is 0.447. The molecule has 5 heteroatoms. The summed E-state index contributed by atoms with van der Waals surface area (Å²) >= 11 is 0. The average molecular weight is 439 g/mol. The van der Waals surface area contributed by atoms with Gasteiger partial charge < -0.3 is 5.73 Å². The molecule has 0 atom stereocenters. The second kappa shape index (κ2) is 16.6. The molecule has 1 rings (SSSR count). The van der Waals surface area contributed by atoms with E-state index < -0.39 is 10.0 Å². The minimum absolute atomic E-state index is 0.279. The van der Waals surface area contributed by atoms with Gasteiger partial charge in [-0.1, -0.05) is 109 Å². The Morgan fingerprint density at radius 1 is 0.733 bits per heavy atom. The van der Waals surface area contributed by atoms with Crippen molar-refractivity contribution in [2.75, 3.05) is 19.3 Å². The quantitative estimate of drug-likeness (QED) is 0.184. The zero-order valence-electron chi connectivity index (χ0n) is 19.6. The average Bonchev–Trinajstić information content (AvgIpc) is 2.73. The van der Waals surface area contributed by atoms with Crippen LogP contribution in [0.25, 0.3) is 0 Å². The van der Waals surface area contributed by atoms with Gasteiger partial charge in [-0.25, -0.2) is 12.7 Å². The lowest BCUT2D eigenvalue weighted by Crippen LogP contribution is -2.28. The van der Waals surface area contributed by atoms with Gasteiger partial charge in [0.25, 0.3) is 0 Å². The number of nitrogens with two attached hydrogens (primary N) is 1. The first kappa shape index (κ1) is 27.0. The lowest BCUT2D eigenvalue weighted by Gasteiger charge is -2.17. The van der Waals surface area contributed by atoms with Gasteiger partial charge in [-0.15, -0.1) is 0 Å². The molecule has 0 radical (unpaired) electrons. The number of hydrogen-bond acceptors (Lipinski definition) is 3. The number of nitrogens with zero attached hydrogens (tertiary/aromatic N) is 1. The molecule has 0 fully saturated rings. The predicted octanol–water partition coefficient (Wildman–Crippen LogP) is 7.15. The summed E-state index contributed by atoms with van der Waals surface area (Å²) in [6.07, 6.45) is 21.1. The number of anilines is 1. The summed E-state index contributed by atoms with van der Waals surface area (Å²) in [6.45, 7) is 2.84. The number of sulfonamides is 1. The molecule has 4 nitrogen and oxygen atoms in total. The van der Waals surface area contributed by atoms with Gasteiger partial charge in [0.1, 0.15) is 0 Å². The standard InChI is InChI=1S/C25H46N2O2S/c1-3-4-5-6-7-8-9-10-11-12-13-14-15-16-17-18-22-27(2)30(28,29)25-21-19-20-24(26)23-25/h19-21,23H,3-18,22,26H2,1-2H3. The summed E-state index contributed by atoms with van der Waals surface area (Å²) in [6, 6.07) is 6.52. The Morgan fingerprint density at radius 2 is 1.17 bits per heavy atom. The van der Waals surface area contributed by atoms with Crippen LogP contribution in [0.2, 0.25) is 0 Å². The molecule has 174 valence electrons. The molecule has 0 amide bonds. The zero-order valence-corrected chi connectivity index (χ0v) is 20.4. The van der Waals surface area contributed by atoms with Gasteiger partial charge in [0, 0.05) is 19.3 Å². The Kier molecular flexibility index (Phi) is 14.9. The summed E-state index contributed by atoms with van der Waals surface area (Å²) in [5.74, 6) is 0. The number of hydrogen-bond donors (Lipinski definition) is 1. The van der Waals surface area contributed by atoms with Crippen molar-refractivity contribution in [3.8, 4) is 0 Å². The minimum atomic E-state index is -3.43. The smallest absolute Gasteiger partial charge is 0.242 e. The second-order valence-corrected chi connectivity index (χ2v) is 10.7. The number of nitrogen functional groups attached to an aromatic ring is 1. The number of benzene rings is 1. The van der Waals surface area contributed by atoms with Crippen molar-refractivity contribution in [2.45, 2.75) is 115 Å². The van der Waals surface area contributed by atoms with Gasteiger partial charge >= 0.3 is 0 Å². The molecular weight excluding hydrogens is 392 g/mol. The summed E-state index contributed by atoms with van der Waals surface area (Å²) < 4.78 is 26.5. The molecule has 0 aromatic heterocycles. The highest BCUT2D eigenvalue weighted by molar-refractivity contribution is 7.89. The van der Waals surface area contributed by atoms with Crippen molar-refractivity contribution < 1.29 is 8.42 Å². The maximum atomic E-state index is 12.5. The lowest BCUT2D eigenvalue weighted by atomic mass is 10.0. The van der Waals surface area contributed by atoms with Crippen LogP contribution < -0.4 is 5.73 Å². The Bertz CT molecular complexity index is 646. The zero-order chi connectivity index (χ0) is 22.1. The molecular formula is C25H46N2O2S. The van der Waals surface area contributed by atoms with Crippen LogP contribution in [0.3, 0.4) is 0 Å². The van der Waals surface area contributed by atoms with Crippen molar-refractivity contribution >= 4 is 15.7 Å². The molecule has 0 unspecified atom stereocenters. The third-order valence-corrected chi connectivity index (χ3v) is 7.75. The van der Waals surface area contributed by atoms with Gasteiger partial charge in [0.2, 0.25) is 10.0 Å². The van der Waals surface area contributed by atoms with Crippen LogP contribution in [0.4, 0.5) is 5.69 Å². The fourth-order valence-electron chi connectivity index (χ4n) is 3.86. The van der Waals surface area contributed by atoms with Gasteiger partial charge in [-0.3, -0.25) is 0 Å². The molecule has 0 aliphatic heterocycles. The van der Waals surface area contributed by atoms with E-state index in [1.165, 1.54) is 100 Å². The molecule has 2 N–H and O–H groups in total. The van der Waals surface area contributed by atoms with Crippen molar-refractivity contribution in [3.05, 3.63) is 24.3 Å². The van der Waals surface area contributed by atoms with E-state index >= 15 is 0 Å². The van der Waals surface area contributed by atoms with E-state index in [1.54, 1.807) is 25.2 Å². The van der Waals surface area contributed by atoms with E-state index in [0.29, 0.717) is 12.2 Å². The van der Waals surface area contributed by atoms with Crippen LogP contribution >= 0.6 is 0 Å². The van der Waals surface area contributed by atoms with Crippen LogP contribution in [0.15, 0.2) is 29.2 Å². The van der Waals surface area contributed by atoms with Crippen molar-refractivity contribution in [2.24, 2.45) is 0 Å². The highest BCUT2D eigenvalue weighted by Crippen LogP contribution is 2.18. The van der Waals surface area contributed by atoms with E-state index in [9.17, 15) is 8.42 Å². The summed E-state index contributed by atoms with van der Waals surface area (Å²) in [4.78, 5) is 0.279. The van der Waals surface area contributed by atoms with Crippen LogP contribution in [0, 0.1) is 0 Å². The van der Waals surface area contributed by atoms with E-state index in [-0.39, 0.29) is 4.90 Å². The van der Waals surface area contributed by atoms with Crippen molar-refractivity contribution in [3.63, 3.8) is 0 Å². The minimum Gasteiger partial charge on any atom is -0.399 e. The van der Waals surface area contributed by atoms with Crippen molar-refractivity contribution in [1.29, 1.82) is 0 Å². The highest BCUT2D eigenvalue weighted by atomic mass is 32.2. The first-order valence-electron chi connectivity index (χ1n) is 12.3. The van der Waals surface area contributed by atoms with Gasteiger partial charge in [0.15, 0.2) is 0 Å². The first-order chi connectivity index (χ1) is 14.5. The first-order valence-corrected chi connectivity index (χ1v) is 13.7. The molecule has 1 aromatic carbocycles. The Hall–Kier alpha value is -1.07. The highest BCUT2D eigenvalue weighted by Gasteiger charge is 2.20. The van der Waals surface area contributed by atoms with E-state index in [0.717, 1.165) is 12.8 Å². The van der Waals surface area contributed by atoms with Gasteiger partial charge in [-0.2, -0.15) is 0 Å². The summed E-state index contributed by atoms with van der Waals surface area (Å²) in [5, 5.41) is 0. The molecule has 0 aliphatic rings. The topological polar surface area (TPSA) is 63.4 Å². The van der Waals surface area contributed by atoms with Gasteiger partial charge in [-0.05, 0) is 24.6 Å². The fraction of sp³-hybridized carbons (Fsp3) is 0.760. The maximum Gasteiger partial charge on any atom is 0.242 e. The Labute approximate surface area is 186 Å². The number of rotatable bonds is 19. The molecule has 0 saturated heterocycles. The summed E-state index contributed by atoms with van der Waals surface area (Å²) in [7, 11) is -1.77. The van der Waals surface area contributed by atoms with Crippen LogP contribution in [0.1, 0.15) is 110 Å². The van der Waals surface area contributed by atoms with Gasteiger partial charge in [0.05, 0.1) is 4.90 Å². The molecule has 1 aromatic rings. The second-order valence-electron chi connectivity index (χ2n) is 8.70. The monoisotopic (exact) mass is 438 g/mol. The SMILES string of the molecule is CCCCCCCCCCCCCCCCCCN(C)S(=O)(=O)c1cccc(N)c1.